The summed E-state index contributed by atoms with van der Waals surface area (Å²) in [5, 5.41) is 3.57. The van der Waals surface area contributed by atoms with E-state index in [2.05, 4.69) is 37.1 Å². The van der Waals surface area contributed by atoms with Crippen LogP contribution in [0.1, 0.15) is 56.8 Å². The fourth-order valence-electron chi connectivity index (χ4n) is 5.18. The normalized spacial score (nSPS) is 13.3. The van der Waals surface area contributed by atoms with Crippen LogP contribution in [0.25, 0.3) is 16.7 Å². The van der Waals surface area contributed by atoms with E-state index in [0.717, 1.165) is 38.4 Å². The van der Waals surface area contributed by atoms with E-state index in [4.69, 9.17) is 18.9 Å². The van der Waals surface area contributed by atoms with E-state index < -0.39 is 5.97 Å². The number of aryl methyl sites for hydroxylation is 1. The Morgan fingerprint density at radius 3 is 2.45 bits per heavy atom. The number of methoxy groups -OCH3 is 2. The molecule has 0 saturated carbocycles. The SMILES string of the molecule is COc1cc(OC(=O)c2cccnc2OC)ccc1-c1ccc2c(c1COC(=O)c1ccc(C)s1)C(C)=CC(C)(C)N2. The smallest absolute Gasteiger partial charge is 0.349 e. The lowest BCUT2D eigenvalue weighted by atomic mass is 9.85. The monoisotopic (exact) mass is 584 g/mol. The van der Waals surface area contributed by atoms with Crippen molar-refractivity contribution in [3.05, 3.63) is 93.3 Å². The molecule has 216 valence electrons. The standard InChI is InChI=1S/C33H32N2O6S/c1-19-17-33(3,4)35-26-13-12-22(25(29(19)26)18-40-32(37)28-14-9-20(2)42-28)23-11-10-21(16-27(23)38-5)41-31(36)24-8-7-15-34-30(24)39-6/h7-17,35H,18H2,1-6H3. The third kappa shape index (κ3) is 5.87. The van der Waals surface area contributed by atoms with Crippen molar-refractivity contribution in [3.8, 4) is 28.5 Å². The Morgan fingerprint density at radius 2 is 1.74 bits per heavy atom. The first-order chi connectivity index (χ1) is 20.1. The number of nitrogens with one attached hydrogen (secondary N) is 1. The first kappa shape index (κ1) is 28.9. The summed E-state index contributed by atoms with van der Waals surface area (Å²) in [4.78, 5) is 31.5. The van der Waals surface area contributed by atoms with E-state index in [1.807, 2.05) is 31.2 Å². The molecule has 42 heavy (non-hydrogen) atoms. The van der Waals surface area contributed by atoms with Crippen LogP contribution in [-0.2, 0) is 11.3 Å². The largest absolute Gasteiger partial charge is 0.496 e. The average Bonchev–Trinajstić information content (AvgIpc) is 3.41. The maximum Gasteiger partial charge on any atom is 0.349 e. The van der Waals surface area contributed by atoms with Crippen LogP contribution >= 0.6 is 11.3 Å². The fourth-order valence-corrected chi connectivity index (χ4v) is 5.94. The van der Waals surface area contributed by atoms with Gasteiger partial charge in [-0.05, 0) is 81.3 Å². The molecular formula is C33H32N2O6S. The molecule has 9 heteroatoms. The molecule has 5 rings (SSSR count). The maximum atomic E-state index is 12.9. The highest BCUT2D eigenvalue weighted by molar-refractivity contribution is 7.13. The minimum absolute atomic E-state index is 0.0578. The summed E-state index contributed by atoms with van der Waals surface area (Å²) < 4.78 is 22.5. The van der Waals surface area contributed by atoms with Gasteiger partial charge in [-0.1, -0.05) is 12.1 Å². The molecule has 3 heterocycles. The predicted molar refractivity (Wildman–Crippen MR) is 164 cm³/mol. The highest BCUT2D eigenvalue weighted by Gasteiger charge is 2.28. The number of aromatic nitrogens is 1. The zero-order chi connectivity index (χ0) is 30.0. The Morgan fingerprint density at radius 1 is 0.952 bits per heavy atom. The molecule has 4 aromatic rings. The number of carbonyl (C=O) groups excluding carboxylic acids is 2. The van der Waals surface area contributed by atoms with Gasteiger partial charge >= 0.3 is 11.9 Å². The lowest BCUT2D eigenvalue weighted by Crippen LogP contribution is -2.32. The second-order valence-corrected chi connectivity index (χ2v) is 11.8. The van der Waals surface area contributed by atoms with Crippen molar-refractivity contribution in [3.63, 3.8) is 0 Å². The number of pyridine rings is 1. The van der Waals surface area contributed by atoms with Gasteiger partial charge in [-0.3, -0.25) is 0 Å². The van der Waals surface area contributed by atoms with E-state index in [9.17, 15) is 9.59 Å². The van der Waals surface area contributed by atoms with Crippen molar-refractivity contribution in [1.29, 1.82) is 0 Å². The van der Waals surface area contributed by atoms with Crippen molar-refractivity contribution in [2.45, 2.75) is 39.8 Å². The first-order valence-electron chi connectivity index (χ1n) is 13.4. The number of carbonyl (C=O) groups is 2. The minimum Gasteiger partial charge on any atom is -0.496 e. The molecule has 0 saturated heterocycles. The Labute approximate surface area is 248 Å². The zero-order valence-electron chi connectivity index (χ0n) is 24.4. The summed E-state index contributed by atoms with van der Waals surface area (Å²) in [5.74, 6) is -0.00955. The number of allylic oxidation sites excluding steroid dienone is 1. The van der Waals surface area contributed by atoms with Crippen molar-refractivity contribution < 1.29 is 28.5 Å². The van der Waals surface area contributed by atoms with Gasteiger partial charge in [0.15, 0.2) is 0 Å². The summed E-state index contributed by atoms with van der Waals surface area (Å²) in [7, 11) is 3.00. The molecule has 0 atom stereocenters. The van der Waals surface area contributed by atoms with E-state index in [-0.39, 0.29) is 29.6 Å². The number of rotatable bonds is 8. The summed E-state index contributed by atoms with van der Waals surface area (Å²) in [6.45, 7) is 8.29. The number of fused-ring (bicyclic) bond motifs is 1. The summed E-state index contributed by atoms with van der Waals surface area (Å²) in [6, 6.07) is 16.1. The highest BCUT2D eigenvalue weighted by atomic mass is 32.1. The van der Waals surface area contributed by atoms with Crippen LogP contribution in [0.4, 0.5) is 5.69 Å². The van der Waals surface area contributed by atoms with Crippen LogP contribution in [0.15, 0.2) is 66.9 Å². The highest BCUT2D eigenvalue weighted by Crippen LogP contribution is 2.43. The van der Waals surface area contributed by atoms with E-state index in [1.165, 1.54) is 24.6 Å². The molecule has 0 radical (unpaired) electrons. The fraction of sp³-hybridized carbons (Fsp3) is 0.242. The second kappa shape index (κ2) is 11.7. The Hall–Kier alpha value is -4.63. The van der Waals surface area contributed by atoms with E-state index in [1.54, 1.807) is 37.4 Å². The third-order valence-electron chi connectivity index (χ3n) is 6.89. The molecule has 0 spiro atoms. The van der Waals surface area contributed by atoms with Gasteiger partial charge in [0.25, 0.3) is 0 Å². The first-order valence-corrected chi connectivity index (χ1v) is 14.2. The molecule has 1 aliphatic rings. The summed E-state index contributed by atoms with van der Waals surface area (Å²) in [5.41, 5.74) is 5.41. The van der Waals surface area contributed by atoms with Crippen molar-refractivity contribution in [2.75, 3.05) is 19.5 Å². The molecule has 0 aliphatic carbocycles. The lowest BCUT2D eigenvalue weighted by Gasteiger charge is -2.33. The molecule has 0 amide bonds. The maximum absolute atomic E-state index is 12.9. The topological polar surface area (TPSA) is 96.0 Å². The minimum atomic E-state index is -0.602. The molecule has 2 aromatic heterocycles. The quantitative estimate of drug-likeness (QED) is 0.170. The van der Waals surface area contributed by atoms with Crippen LogP contribution in [0.5, 0.6) is 17.4 Å². The van der Waals surface area contributed by atoms with Crippen LogP contribution in [0.2, 0.25) is 0 Å². The van der Waals surface area contributed by atoms with Gasteiger partial charge in [0.1, 0.15) is 28.5 Å². The Kier molecular flexibility index (Phi) is 8.04. The van der Waals surface area contributed by atoms with Crippen LogP contribution in [0, 0.1) is 6.92 Å². The number of anilines is 1. The molecule has 0 unspecified atom stereocenters. The summed E-state index contributed by atoms with van der Waals surface area (Å²) >= 11 is 1.40. The molecule has 2 aromatic carbocycles. The second-order valence-electron chi connectivity index (χ2n) is 10.5. The zero-order valence-corrected chi connectivity index (χ0v) is 25.2. The predicted octanol–water partition coefficient (Wildman–Crippen LogP) is 7.32. The van der Waals surface area contributed by atoms with Gasteiger partial charge in [-0.15, -0.1) is 11.3 Å². The number of esters is 2. The molecule has 0 fully saturated rings. The number of hydrogen-bond acceptors (Lipinski definition) is 9. The van der Waals surface area contributed by atoms with Crippen LogP contribution < -0.4 is 19.5 Å². The van der Waals surface area contributed by atoms with Crippen LogP contribution in [0.3, 0.4) is 0 Å². The van der Waals surface area contributed by atoms with Gasteiger partial charge in [-0.25, -0.2) is 14.6 Å². The Balaban J connectivity index is 1.53. The number of nitrogens with zero attached hydrogens (tertiary/aromatic N) is 1. The number of benzene rings is 2. The van der Waals surface area contributed by atoms with Crippen molar-refractivity contribution >= 4 is 34.5 Å². The van der Waals surface area contributed by atoms with Gasteiger partial charge in [-0.2, -0.15) is 0 Å². The third-order valence-corrected chi connectivity index (χ3v) is 7.87. The molecule has 1 aliphatic heterocycles. The van der Waals surface area contributed by atoms with Crippen LogP contribution in [-0.4, -0.2) is 36.7 Å². The van der Waals surface area contributed by atoms with Gasteiger partial charge in [0, 0.05) is 39.5 Å². The van der Waals surface area contributed by atoms with Gasteiger partial charge < -0.3 is 24.3 Å². The number of thiophene rings is 1. The van der Waals surface area contributed by atoms with Gasteiger partial charge in [0.2, 0.25) is 5.88 Å². The average molecular weight is 585 g/mol. The van der Waals surface area contributed by atoms with Crippen molar-refractivity contribution in [2.24, 2.45) is 0 Å². The number of ether oxygens (including phenoxy) is 4. The van der Waals surface area contributed by atoms with E-state index >= 15 is 0 Å². The lowest BCUT2D eigenvalue weighted by molar-refractivity contribution is 0.0478. The summed E-state index contributed by atoms with van der Waals surface area (Å²) in [6.07, 6.45) is 3.70. The molecular weight excluding hydrogens is 552 g/mol. The van der Waals surface area contributed by atoms with E-state index in [0.29, 0.717) is 16.4 Å². The molecule has 1 N–H and O–H groups in total. The Bertz CT molecular complexity index is 1700. The van der Waals surface area contributed by atoms with Crippen molar-refractivity contribution in [1.82, 2.24) is 4.98 Å². The molecule has 8 nitrogen and oxygen atoms in total. The molecule has 0 bridgehead atoms. The van der Waals surface area contributed by atoms with Gasteiger partial charge in [0.05, 0.1) is 19.8 Å². The number of hydrogen-bond donors (Lipinski definition) is 1.